The largest absolute Gasteiger partial charge is 0.465 e. The quantitative estimate of drug-likeness (QED) is 0.556. The van der Waals surface area contributed by atoms with E-state index in [1.165, 1.54) is 49.6 Å². The Labute approximate surface area is 176 Å². The second-order valence-electron chi connectivity index (χ2n) is 6.14. The molecule has 0 unspecified atom stereocenters. The number of amides is 1. The summed E-state index contributed by atoms with van der Waals surface area (Å²) >= 11 is 7.05. The van der Waals surface area contributed by atoms with Crippen LogP contribution in [0.1, 0.15) is 16.6 Å². The first-order chi connectivity index (χ1) is 13.7. The molecule has 0 fully saturated rings. The molecule has 10 heteroatoms. The highest BCUT2D eigenvalue weighted by molar-refractivity contribution is 7.89. The van der Waals surface area contributed by atoms with E-state index in [0.29, 0.717) is 15.6 Å². The van der Waals surface area contributed by atoms with Crippen molar-refractivity contribution in [3.63, 3.8) is 0 Å². The Morgan fingerprint density at radius 3 is 2.45 bits per heavy atom. The summed E-state index contributed by atoms with van der Waals surface area (Å²) in [6, 6.07) is 11.4. The van der Waals surface area contributed by atoms with Crippen molar-refractivity contribution in [2.45, 2.75) is 17.9 Å². The molecule has 0 saturated carbocycles. The molecule has 0 aliphatic carbocycles. The Morgan fingerprint density at radius 2 is 1.79 bits per heavy atom. The number of carbonyl (C=O) groups excluding carboxylic acids is 2. The van der Waals surface area contributed by atoms with E-state index in [-0.39, 0.29) is 4.90 Å². The standard InChI is InChI=1S/C19H17ClN2O5S2/c1-11(22-29(25,26)15-6-3-13(20)4-7-15)18(23)21-14-5-8-16-12(9-14)10-17(28-16)19(24)27-2/h3-11,22H,1-2H3,(H,21,23)/t11-/m1/s1. The van der Waals surface area contributed by atoms with Gasteiger partial charge >= 0.3 is 5.97 Å². The zero-order chi connectivity index (χ0) is 21.2. The van der Waals surface area contributed by atoms with Crippen LogP contribution >= 0.6 is 22.9 Å². The van der Waals surface area contributed by atoms with Gasteiger partial charge in [0.05, 0.1) is 18.0 Å². The summed E-state index contributed by atoms with van der Waals surface area (Å²) in [6.45, 7) is 1.45. The maximum absolute atomic E-state index is 12.4. The number of carbonyl (C=O) groups is 2. The van der Waals surface area contributed by atoms with Crippen LogP contribution in [0, 0.1) is 0 Å². The molecule has 1 heterocycles. The summed E-state index contributed by atoms with van der Waals surface area (Å²) in [5.74, 6) is -0.952. The monoisotopic (exact) mass is 452 g/mol. The summed E-state index contributed by atoms with van der Waals surface area (Å²) in [7, 11) is -2.57. The number of benzene rings is 2. The highest BCUT2D eigenvalue weighted by atomic mass is 35.5. The number of nitrogens with one attached hydrogen (secondary N) is 2. The molecular formula is C19H17ClN2O5S2. The average molecular weight is 453 g/mol. The first-order valence-corrected chi connectivity index (χ1v) is 11.1. The van der Waals surface area contributed by atoms with Gasteiger partial charge in [-0.2, -0.15) is 4.72 Å². The van der Waals surface area contributed by atoms with Crippen LogP contribution in [-0.2, 0) is 19.6 Å². The first-order valence-electron chi connectivity index (χ1n) is 8.40. The lowest BCUT2D eigenvalue weighted by Gasteiger charge is -2.14. The van der Waals surface area contributed by atoms with Gasteiger partial charge in [0.2, 0.25) is 15.9 Å². The van der Waals surface area contributed by atoms with Crippen LogP contribution in [-0.4, -0.2) is 33.4 Å². The maximum atomic E-state index is 12.4. The summed E-state index contributed by atoms with van der Waals surface area (Å²) in [4.78, 5) is 24.6. The predicted octanol–water partition coefficient (Wildman–Crippen LogP) is 3.65. The van der Waals surface area contributed by atoms with E-state index >= 15 is 0 Å². The van der Waals surface area contributed by atoms with Gasteiger partial charge in [0.25, 0.3) is 0 Å². The average Bonchev–Trinajstić information content (AvgIpc) is 3.10. The van der Waals surface area contributed by atoms with Crippen molar-refractivity contribution >= 4 is 60.6 Å². The number of halogens is 1. The van der Waals surface area contributed by atoms with Crippen LogP contribution < -0.4 is 10.0 Å². The van der Waals surface area contributed by atoms with E-state index in [9.17, 15) is 18.0 Å². The van der Waals surface area contributed by atoms with E-state index < -0.39 is 27.9 Å². The number of thiophene rings is 1. The van der Waals surface area contributed by atoms with Gasteiger partial charge in [0.15, 0.2) is 0 Å². The normalized spacial score (nSPS) is 12.5. The molecule has 0 spiro atoms. The van der Waals surface area contributed by atoms with Crippen molar-refractivity contribution in [2.75, 3.05) is 12.4 Å². The molecule has 0 bridgehead atoms. The van der Waals surface area contributed by atoms with Gasteiger partial charge in [-0.25, -0.2) is 13.2 Å². The number of ether oxygens (including phenoxy) is 1. The zero-order valence-electron chi connectivity index (χ0n) is 15.4. The fraction of sp³-hybridized carbons (Fsp3) is 0.158. The minimum Gasteiger partial charge on any atom is -0.465 e. The lowest BCUT2D eigenvalue weighted by atomic mass is 10.2. The molecule has 1 atom stereocenters. The Hall–Kier alpha value is -2.46. The molecule has 0 saturated heterocycles. The molecule has 2 N–H and O–H groups in total. The molecule has 7 nitrogen and oxygen atoms in total. The predicted molar refractivity (Wildman–Crippen MR) is 113 cm³/mol. The van der Waals surface area contributed by atoms with Gasteiger partial charge in [0, 0.05) is 15.4 Å². The molecule has 0 aliphatic heterocycles. The molecule has 3 rings (SSSR count). The van der Waals surface area contributed by atoms with E-state index in [0.717, 1.165) is 10.1 Å². The number of esters is 1. The minimum atomic E-state index is -3.88. The third-order valence-electron chi connectivity index (χ3n) is 4.02. The van der Waals surface area contributed by atoms with Gasteiger partial charge in [-0.05, 0) is 60.8 Å². The van der Waals surface area contributed by atoms with Gasteiger partial charge in [-0.1, -0.05) is 11.6 Å². The summed E-state index contributed by atoms with van der Waals surface area (Å²) < 4.78 is 32.7. The molecular weight excluding hydrogens is 436 g/mol. The van der Waals surface area contributed by atoms with Crippen LogP contribution in [0.4, 0.5) is 5.69 Å². The van der Waals surface area contributed by atoms with Crippen molar-refractivity contribution in [1.29, 1.82) is 0 Å². The highest BCUT2D eigenvalue weighted by Crippen LogP contribution is 2.28. The molecule has 0 aliphatic rings. The van der Waals surface area contributed by atoms with E-state index in [1.807, 2.05) is 0 Å². The fourth-order valence-electron chi connectivity index (χ4n) is 2.54. The Kier molecular flexibility index (Phi) is 6.23. The number of sulfonamides is 1. The third kappa shape index (κ3) is 4.94. The van der Waals surface area contributed by atoms with Crippen LogP contribution in [0.15, 0.2) is 53.4 Å². The second kappa shape index (κ2) is 8.50. The first kappa shape index (κ1) is 21.3. The number of hydrogen-bond donors (Lipinski definition) is 2. The van der Waals surface area contributed by atoms with Crippen LogP contribution in [0.25, 0.3) is 10.1 Å². The zero-order valence-corrected chi connectivity index (χ0v) is 17.8. The Bertz CT molecular complexity index is 1170. The number of rotatable bonds is 6. The van der Waals surface area contributed by atoms with Crippen molar-refractivity contribution < 1.29 is 22.7 Å². The SMILES string of the molecule is COC(=O)c1cc2cc(NC(=O)[C@@H](C)NS(=O)(=O)c3ccc(Cl)cc3)ccc2s1. The summed E-state index contributed by atoms with van der Waals surface area (Å²) in [5, 5.41) is 3.85. The van der Waals surface area contributed by atoms with E-state index in [1.54, 1.807) is 24.3 Å². The van der Waals surface area contributed by atoms with E-state index in [4.69, 9.17) is 16.3 Å². The van der Waals surface area contributed by atoms with Crippen LogP contribution in [0.5, 0.6) is 0 Å². The number of hydrogen-bond acceptors (Lipinski definition) is 6. The molecule has 1 aromatic heterocycles. The lowest BCUT2D eigenvalue weighted by Crippen LogP contribution is -2.41. The van der Waals surface area contributed by atoms with Gasteiger partial charge in [-0.3, -0.25) is 4.79 Å². The van der Waals surface area contributed by atoms with Gasteiger partial charge < -0.3 is 10.1 Å². The van der Waals surface area contributed by atoms with E-state index in [2.05, 4.69) is 10.0 Å². The molecule has 152 valence electrons. The summed E-state index contributed by atoms with van der Waals surface area (Å²) in [6.07, 6.45) is 0. The van der Waals surface area contributed by atoms with Crippen molar-refractivity contribution in [2.24, 2.45) is 0 Å². The van der Waals surface area contributed by atoms with Crippen molar-refractivity contribution in [1.82, 2.24) is 4.72 Å². The maximum Gasteiger partial charge on any atom is 0.348 e. The van der Waals surface area contributed by atoms with Gasteiger partial charge in [-0.15, -0.1) is 11.3 Å². The van der Waals surface area contributed by atoms with Crippen LogP contribution in [0.2, 0.25) is 5.02 Å². The lowest BCUT2D eigenvalue weighted by molar-refractivity contribution is -0.117. The van der Waals surface area contributed by atoms with Crippen molar-refractivity contribution in [3.05, 3.63) is 58.4 Å². The second-order valence-corrected chi connectivity index (χ2v) is 9.38. The Balaban J connectivity index is 1.72. The number of methoxy groups -OCH3 is 1. The molecule has 2 aromatic carbocycles. The highest BCUT2D eigenvalue weighted by Gasteiger charge is 2.22. The minimum absolute atomic E-state index is 0.0107. The molecule has 29 heavy (non-hydrogen) atoms. The third-order valence-corrected chi connectivity index (χ3v) is 6.92. The molecule has 0 radical (unpaired) electrons. The van der Waals surface area contributed by atoms with Crippen LogP contribution in [0.3, 0.4) is 0 Å². The van der Waals surface area contributed by atoms with Gasteiger partial charge in [0.1, 0.15) is 4.88 Å². The molecule has 3 aromatic rings. The topological polar surface area (TPSA) is 102 Å². The summed E-state index contributed by atoms with van der Waals surface area (Å²) in [5.41, 5.74) is 0.481. The smallest absolute Gasteiger partial charge is 0.348 e. The number of fused-ring (bicyclic) bond motifs is 1. The molecule has 1 amide bonds. The number of anilines is 1. The fourth-order valence-corrected chi connectivity index (χ4v) is 4.83. The van der Waals surface area contributed by atoms with Crippen molar-refractivity contribution in [3.8, 4) is 0 Å². The Morgan fingerprint density at radius 1 is 1.10 bits per heavy atom.